The molecule has 1 aliphatic heterocycles. The summed E-state index contributed by atoms with van der Waals surface area (Å²) in [6.45, 7) is 9.22. The maximum Gasteiger partial charge on any atom is 0.490 e. The molecule has 1 aromatic heterocycles. The average Bonchev–Trinajstić information content (AvgIpc) is 2.71. The number of carbonyl (C=O) groups is 1. The lowest BCUT2D eigenvalue weighted by Crippen LogP contribution is -2.44. The molecular formula is C23H30F3N3O4. The SMILES string of the molecule is CCCCc1cc(=O)[nH]c(-c2ccc(CN3C[C@@H](C)O[C@@H](C)C3)cc2)n1.O=C(O)C(F)(F)F. The van der Waals surface area contributed by atoms with Crippen molar-refractivity contribution in [3.05, 3.63) is 51.9 Å². The number of hydrogen-bond acceptors (Lipinski definition) is 5. The van der Waals surface area contributed by atoms with Gasteiger partial charge in [-0.2, -0.15) is 13.2 Å². The molecule has 33 heavy (non-hydrogen) atoms. The van der Waals surface area contributed by atoms with E-state index in [4.69, 9.17) is 14.6 Å². The van der Waals surface area contributed by atoms with Gasteiger partial charge in [0.2, 0.25) is 0 Å². The number of nitrogens with zero attached hydrogens (tertiary/aromatic N) is 2. The summed E-state index contributed by atoms with van der Waals surface area (Å²) < 4.78 is 37.5. The summed E-state index contributed by atoms with van der Waals surface area (Å²) in [5.41, 5.74) is 3.00. The van der Waals surface area contributed by atoms with E-state index < -0.39 is 12.1 Å². The molecule has 3 rings (SSSR count). The van der Waals surface area contributed by atoms with Gasteiger partial charge in [0.25, 0.3) is 5.56 Å². The molecule has 10 heteroatoms. The van der Waals surface area contributed by atoms with Gasteiger partial charge in [-0.3, -0.25) is 9.69 Å². The third-order valence-corrected chi connectivity index (χ3v) is 4.95. The molecular weight excluding hydrogens is 439 g/mol. The van der Waals surface area contributed by atoms with Crippen molar-refractivity contribution in [3.8, 4) is 11.4 Å². The van der Waals surface area contributed by atoms with Crippen LogP contribution in [-0.4, -0.2) is 57.4 Å². The Morgan fingerprint density at radius 2 is 1.79 bits per heavy atom. The molecule has 0 unspecified atom stereocenters. The molecule has 182 valence electrons. The van der Waals surface area contributed by atoms with Gasteiger partial charge < -0.3 is 14.8 Å². The lowest BCUT2D eigenvalue weighted by Gasteiger charge is -2.35. The number of halogens is 3. The highest BCUT2D eigenvalue weighted by atomic mass is 19.4. The number of H-pyrrole nitrogens is 1. The van der Waals surface area contributed by atoms with E-state index in [2.05, 4.69) is 47.8 Å². The molecule has 0 aliphatic carbocycles. The highest BCUT2D eigenvalue weighted by molar-refractivity contribution is 5.73. The number of aromatic amines is 1. The predicted octanol–water partition coefficient (Wildman–Crippen LogP) is 4.02. The lowest BCUT2D eigenvalue weighted by atomic mass is 10.1. The summed E-state index contributed by atoms with van der Waals surface area (Å²) in [6.07, 6.45) is -1.54. The Morgan fingerprint density at radius 1 is 1.21 bits per heavy atom. The summed E-state index contributed by atoms with van der Waals surface area (Å²) in [6, 6.07) is 9.95. The predicted molar refractivity (Wildman–Crippen MR) is 118 cm³/mol. The number of rotatable bonds is 6. The highest BCUT2D eigenvalue weighted by Crippen LogP contribution is 2.18. The van der Waals surface area contributed by atoms with Crippen LogP contribution >= 0.6 is 0 Å². The van der Waals surface area contributed by atoms with Crippen molar-refractivity contribution in [1.82, 2.24) is 14.9 Å². The van der Waals surface area contributed by atoms with Gasteiger partial charge in [0.05, 0.1) is 12.2 Å². The molecule has 1 aromatic carbocycles. The molecule has 0 spiro atoms. The van der Waals surface area contributed by atoms with E-state index in [0.717, 1.165) is 50.2 Å². The van der Waals surface area contributed by atoms with E-state index >= 15 is 0 Å². The first kappa shape index (κ1) is 26.5. The van der Waals surface area contributed by atoms with Crippen molar-refractivity contribution in [1.29, 1.82) is 0 Å². The largest absolute Gasteiger partial charge is 0.490 e. The summed E-state index contributed by atoms with van der Waals surface area (Å²) in [5, 5.41) is 7.12. The summed E-state index contributed by atoms with van der Waals surface area (Å²) in [7, 11) is 0. The smallest absolute Gasteiger partial charge is 0.475 e. The fourth-order valence-electron chi connectivity index (χ4n) is 3.57. The van der Waals surface area contributed by atoms with Crippen molar-refractivity contribution in [2.75, 3.05) is 13.1 Å². The minimum Gasteiger partial charge on any atom is -0.475 e. The van der Waals surface area contributed by atoms with E-state index in [1.165, 1.54) is 5.56 Å². The van der Waals surface area contributed by atoms with Crippen molar-refractivity contribution < 1.29 is 27.8 Å². The second kappa shape index (κ2) is 11.9. The molecule has 0 radical (unpaired) electrons. The number of hydrogen-bond donors (Lipinski definition) is 2. The zero-order valence-electron chi connectivity index (χ0n) is 19.0. The molecule has 2 N–H and O–H groups in total. The van der Waals surface area contributed by atoms with Gasteiger partial charge in [0.15, 0.2) is 0 Å². The molecule has 1 aliphatic rings. The minimum atomic E-state index is -5.08. The molecule has 0 saturated carbocycles. The molecule has 7 nitrogen and oxygen atoms in total. The van der Waals surface area contributed by atoms with Crippen molar-refractivity contribution >= 4 is 5.97 Å². The lowest BCUT2D eigenvalue weighted by molar-refractivity contribution is -0.192. The maximum absolute atomic E-state index is 11.9. The van der Waals surface area contributed by atoms with E-state index in [1.807, 2.05) is 12.1 Å². The molecule has 2 atom stereocenters. The second-order valence-corrected chi connectivity index (χ2v) is 8.14. The summed E-state index contributed by atoms with van der Waals surface area (Å²) in [5.74, 6) is -2.10. The molecule has 0 bridgehead atoms. The van der Waals surface area contributed by atoms with Gasteiger partial charge in [-0.25, -0.2) is 9.78 Å². The number of aryl methyl sites for hydroxylation is 1. The molecule has 1 saturated heterocycles. The van der Waals surface area contributed by atoms with Crippen LogP contribution in [0.3, 0.4) is 0 Å². The quantitative estimate of drug-likeness (QED) is 0.664. The van der Waals surface area contributed by atoms with Crippen LogP contribution in [-0.2, 0) is 22.5 Å². The van der Waals surface area contributed by atoms with Crippen LogP contribution in [0.4, 0.5) is 13.2 Å². The molecule has 2 aromatic rings. The van der Waals surface area contributed by atoms with E-state index in [0.29, 0.717) is 5.82 Å². The molecule has 2 heterocycles. The topological polar surface area (TPSA) is 95.5 Å². The van der Waals surface area contributed by atoms with Crippen LogP contribution in [0.1, 0.15) is 44.9 Å². The fraction of sp³-hybridized carbons (Fsp3) is 0.522. The highest BCUT2D eigenvalue weighted by Gasteiger charge is 2.38. The standard InChI is InChI=1S/C21H29N3O2.C2HF3O2/c1-4-5-6-19-11-20(25)23-21(22-19)18-9-7-17(8-10-18)14-24-12-15(2)26-16(3)13-24;3-2(4,5)1(6)7/h7-11,15-16H,4-6,12-14H2,1-3H3,(H,22,23,25);(H,6,7)/t15-,16+;. The summed E-state index contributed by atoms with van der Waals surface area (Å²) >= 11 is 0. The molecule has 0 amide bonds. The van der Waals surface area contributed by atoms with Crippen molar-refractivity contribution in [2.45, 2.75) is 65.0 Å². The Morgan fingerprint density at radius 3 is 2.30 bits per heavy atom. The minimum absolute atomic E-state index is 0.0820. The number of alkyl halides is 3. The van der Waals surface area contributed by atoms with Crippen LogP contribution in [0.15, 0.2) is 35.1 Å². The Kier molecular flexibility index (Phi) is 9.60. The Labute approximate surface area is 190 Å². The van der Waals surface area contributed by atoms with Gasteiger partial charge in [-0.05, 0) is 32.3 Å². The van der Waals surface area contributed by atoms with Gasteiger partial charge in [-0.15, -0.1) is 0 Å². The number of morpholine rings is 1. The monoisotopic (exact) mass is 469 g/mol. The number of unbranched alkanes of at least 4 members (excludes halogenated alkanes) is 1. The van der Waals surface area contributed by atoms with Crippen LogP contribution in [0.25, 0.3) is 11.4 Å². The number of aliphatic carboxylic acids is 1. The number of carboxylic acids is 1. The van der Waals surface area contributed by atoms with Crippen molar-refractivity contribution in [3.63, 3.8) is 0 Å². The first-order valence-electron chi connectivity index (χ1n) is 10.9. The number of nitrogens with one attached hydrogen (secondary N) is 1. The van der Waals surface area contributed by atoms with Gasteiger partial charge >= 0.3 is 12.1 Å². The number of ether oxygens (including phenoxy) is 1. The van der Waals surface area contributed by atoms with Gasteiger partial charge in [0.1, 0.15) is 5.82 Å². The molecule has 1 fully saturated rings. The average molecular weight is 470 g/mol. The van der Waals surface area contributed by atoms with Crippen LogP contribution in [0, 0.1) is 0 Å². The van der Waals surface area contributed by atoms with Gasteiger partial charge in [0, 0.05) is 37.0 Å². The fourth-order valence-corrected chi connectivity index (χ4v) is 3.57. The second-order valence-electron chi connectivity index (χ2n) is 8.14. The van der Waals surface area contributed by atoms with Crippen LogP contribution in [0.2, 0.25) is 0 Å². The van der Waals surface area contributed by atoms with E-state index in [1.54, 1.807) is 6.07 Å². The zero-order valence-corrected chi connectivity index (χ0v) is 19.0. The Bertz CT molecular complexity index is 951. The van der Waals surface area contributed by atoms with Crippen molar-refractivity contribution in [2.24, 2.45) is 0 Å². The normalized spacial score (nSPS) is 19.0. The van der Waals surface area contributed by atoms with Gasteiger partial charge in [-0.1, -0.05) is 37.6 Å². The van der Waals surface area contributed by atoms with E-state index in [-0.39, 0.29) is 17.8 Å². The van der Waals surface area contributed by atoms with E-state index in [9.17, 15) is 18.0 Å². The number of carboxylic acid groups (broad SMARTS) is 1. The maximum atomic E-state index is 11.9. The Balaban J connectivity index is 0.000000479. The first-order chi connectivity index (χ1) is 15.5. The third kappa shape index (κ3) is 8.97. The van der Waals surface area contributed by atoms with Crippen LogP contribution in [0.5, 0.6) is 0 Å². The van der Waals surface area contributed by atoms with Crippen LogP contribution < -0.4 is 5.56 Å². The zero-order chi connectivity index (χ0) is 24.6. The number of aromatic nitrogens is 2. The Hall–Kier alpha value is -2.72. The summed E-state index contributed by atoms with van der Waals surface area (Å²) in [4.78, 5) is 30.7. The third-order valence-electron chi connectivity index (χ3n) is 4.95. The first-order valence-corrected chi connectivity index (χ1v) is 10.9. The number of benzene rings is 1.